The predicted octanol–water partition coefficient (Wildman–Crippen LogP) is 4.96. The van der Waals surface area contributed by atoms with Crippen molar-refractivity contribution in [1.29, 1.82) is 0 Å². The van der Waals surface area contributed by atoms with Crippen LogP contribution in [0.5, 0.6) is 5.75 Å². The summed E-state index contributed by atoms with van der Waals surface area (Å²) in [4.78, 5) is 0.228. The second-order valence-electron chi connectivity index (χ2n) is 6.40. The van der Waals surface area contributed by atoms with Crippen LogP contribution in [0.2, 0.25) is 0 Å². The van der Waals surface area contributed by atoms with E-state index in [1.807, 2.05) is 68.4 Å². The molecule has 3 rings (SSSR count). The van der Waals surface area contributed by atoms with Gasteiger partial charge in [0.25, 0.3) is 10.0 Å². The van der Waals surface area contributed by atoms with Crippen LogP contribution < -0.4 is 9.04 Å². The Labute approximate surface area is 161 Å². The van der Waals surface area contributed by atoms with Crippen LogP contribution in [-0.4, -0.2) is 15.5 Å². The van der Waals surface area contributed by atoms with Crippen LogP contribution in [0.15, 0.2) is 83.8 Å². The van der Waals surface area contributed by atoms with Crippen molar-refractivity contribution in [2.24, 2.45) is 0 Å². The molecule has 0 saturated carbocycles. The summed E-state index contributed by atoms with van der Waals surface area (Å²) >= 11 is 0. The first-order chi connectivity index (χ1) is 12.9. The summed E-state index contributed by atoms with van der Waals surface area (Å²) < 4.78 is 33.7. The maximum Gasteiger partial charge on any atom is 0.264 e. The number of hydrogen-bond acceptors (Lipinski definition) is 3. The molecule has 5 heteroatoms. The maximum absolute atomic E-state index is 13.5. The average molecular weight is 381 g/mol. The predicted molar refractivity (Wildman–Crippen MR) is 109 cm³/mol. The Balaban J connectivity index is 2.11. The van der Waals surface area contributed by atoms with Crippen molar-refractivity contribution in [3.63, 3.8) is 0 Å². The highest BCUT2D eigenvalue weighted by molar-refractivity contribution is 7.92. The van der Waals surface area contributed by atoms with Crippen molar-refractivity contribution in [2.75, 3.05) is 11.4 Å². The molecule has 3 aromatic carbocycles. The zero-order chi connectivity index (χ0) is 19.4. The third-order valence-electron chi connectivity index (χ3n) is 4.50. The van der Waals surface area contributed by atoms with Crippen molar-refractivity contribution in [1.82, 2.24) is 0 Å². The van der Waals surface area contributed by atoms with E-state index in [4.69, 9.17) is 4.74 Å². The molecule has 0 fully saturated rings. The summed E-state index contributed by atoms with van der Waals surface area (Å²) in [5.74, 6) is 0.618. The molecule has 1 atom stereocenters. The van der Waals surface area contributed by atoms with Gasteiger partial charge in [-0.2, -0.15) is 0 Å². The van der Waals surface area contributed by atoms with Crippen molar-refractivity contribution >= 4 is 15.7 Å². The van der Waals surface area contributed by atoms with Gasteiger partial charge in [-0.1, -0.05) is 48.0 Å². The molecule has 0 aliphatic rings. The Hall–Kier alpha value is -2.79. The molecule has 0 radical (unpaired) electrons. The molecular weight excluding hydrogens is 358 g/mol. The molecule has 0 N–H and O–H groups in total. The number of nitrogens with zero attached hydrogens (tertiary/aromatic N) is 1. The Morgan fingerprint density at radius 3 is 2.15 bits per heavy atom. The van der Waals surface area contributed by atoms with Gasteiger partial charge in [0.15, 0.2) is 0 Å². The topological polar surface area (TPSA) is 46.6 Å². The Bertz CT molecular complexity index is 999. The summed E-state index contributed by atoms with van der Waals surface area (Å²) in [5, 5.41) is 0. The molecule has 140 valence electrons. The number of benzene rings is 3. The van der Waals surface area contributed by atoms with Crippen LogP contribution in [-0.2, 0) is 10.0 Å². The summed E-state index contributed by atoms with van der Waals surface area (Å²) in [6, 6.07) is 23.2. The van der Waals surface area contributed by atoms with E-state index >= 15 is 0 Å². The van der Waals surface area contributed by atoms with Gasteiger partial charge in [0.2, 0.25) is 0 Å². The summed E-state index contributed by atoms with van der Waals surface area (Å²) in [6.45, 7) is 3.91. The molecule has 0 bridgehead atoms. The SMILES string of the molecule is COc1ccc(S(=O)(=O)N(c2ccccc2)C(C)c2cccc(C)c2)cc1. The van der Waals surface area contributed by atoms with E-state index < -0.39 is 10.0 Å². The molecule has 0 saturated heterocycles. The van der Waals surface area contributed by atoms with Gasteiger partial charge in [0, 0.05) is 0 Å². The first-order valence-corrected chi connectivity index (χ1v) is 10.2. The number of sulfonamides is 1. The highest BCUT2D eigenvalue weighted by atomic mass is 32.2. The van der Waals surface area contributed by atoms with Gasteiger partial charge in [-0.3, -0.25) is 4.31 Å². The van der Waals surface area contributed by atoms with E-state index in [2.05, 4.69) is 0 Å². The normalized spacial score (nSPS) is 12.4. The minimum atomic E-state index is -3.76. The number of anilines is 1. The van der Waals surface area contributed by atoms with E-state index in [9.17, 15) is 8.42 Å². The number of ether oxygens (including phenoxy) is 1. The Kier molecular flexibility index (Phi) is 5.51. The van der Waals surface area contributed by atoms with Gasteiger partial charge in [0.1, 0.15) is 5.75 Å². The third kappa shape index (κ3) is 3.98. The van der Waals surface area contributed by atoms with Crippen LogP contribution >= 0.6 is 0 Å². The van der Waals surface area contributed by atoms with Crippen LogP contribution in [0, 0.1) is 6.92 Å². The van der Waals surface area contributed by atoms with Crippen LogP contribution in [0.1, 0.15) is 24.1 Å². The highest BCUT2D eigenvalue weighted by Crippen LogP contribution is 2.33. The molecule has 3 aromatic rings. The van der Waals surface area contributed by atoms with Gasteiger partial charge in [-0.25, -0.2) is 8.42 Å². The summed E-state index contributed by atoms with van der Waals surface area (Å²) in [7, 11) is -2.21. The molecule has 27 heavy (non-hydrogen) atoms. The lowest BCUT2D eigenvalue weighted by Gasteiger charge is -2.31. The molecule has 0 amide bonds. The Morgan fingerprint density at radius 1 is 0.889 bits per heavy atom. The van der Waals surface area contributed by atoms with Crippen LogP contribution in [0.4, 0.5) is 5.69 Å². The summed E-state index contributed by atoms with van der Waals surface area (Å²) in [6.07, 6.45) is 0. The number of rotatable bonds is 6. The van der Waals surface area contributed by atoms with E-state index in [-0.39, 0.29) is 10.9 Å². The Morgan fingerprint density at radius 2 is 1.56 bits per heavy atom. The number of aryl methyl sites for hydroxylation is 1. The van der Waals surface area contributed by atoms with Crippen molar-refractivity contribution < 1.29 is 13.2 Å². The maximum atomic E-state index is 13.5. The lowest BCUT2D eigenvalue weighted by Crippen LogP contribution is -2.33. The molecule has 0 aliphatic heterocycles. The first kappa shape index (κ1) is 19.0. The number of hydrogen-bond donors (Lipinski definition) is 0. The van der Waals surface area contributed by atoms with Crippen molar-refractivity contribution in [3.05, 3.63) is 90.0 Å². The smallest absolute Gasteiger partial charge is 0.264 e. The standard InChI is InChI=1S/C22H23NO3S/c1-17-8-7-9-19(16-17)18(2)23(20-10-5-4-6-11-20)27(24,25)22-14-12-21(26-3)13-15-22/h4-16,18H,1-3H3. The zero-order valence-corrected chi connectivity index (χ0v) is 16.5. The van der Waals surface area contributed by atoms with E-state index in [0.29, 0.717) is 11.4 Å². The minimum Gasteiger partial charge on any atom is -0.497 e. The fourth-order valence-electron chi connectivity index (χ4n) is 3.07. The zero-order valence-electron chi connectivity index (χ0n) is 15.7. The molecule has 0 aliphatic carbocycles. The largest absolute Gasteiger partial charge is 0.497 e. The molecular formula is C22H23NO3S. The lowest BCUT2D eigenvalue weighted by molar-refractivity contribution is 0.414. The molecule has 0 heterocycles. The quantitative estimate of drug-likeness (QED) is 0.606. The fourth-order valence-corrected chi connectivity index (χ4v) is 4.72. The van der Waals surface area contributed by atoms with Crippen LogP contribution in [0.3, 0.4) is 0 Å². The molecule has 4 nitrogen and oxygen atoms in total. The summed E-state index contributed by atoms with van der Waals surface area (Å²) in [5.41, 5.74) is 2.66. The lowest BCUT2D eigenvalue weighted by atomic mass is 10.1. The van der Waals surface area contributed by atoms with E-state index in [1.165, 1.54) is 4.31 Å². The monoisotopic (exact) mass is 381 g/mol. The minimum absolute atomic E-state index is 0.228. The van der Waals surface area contributed by atoms with Gasteiger partial charge in [-0.05, 0) is 55.8 Å². The van der Waals surface area contributed by atoms with Gasteiger partial charge in [-0.15, -0.1) is 0 Å². The number of para-hydroxylation sites is 1. The van der Waals surface area contributed by atoms with Crippen molar-refractivity contribution in [3.8, 4) is 5.75 Å². The second-order valence-corrected chi connectivity index (χ2v) is 8.22. The van der Waals surface area contributed by atoms with E-state index in [1.54, 1.807) is 31.4 Å². The van der Waals surface area contributed by atoms with Gasteiger partial charge in [0.05, 0.1) is 23.7 Å². The van der Waals surface area contributed by atoms with Gasteiger partial charge >= 0.3 is 0 Å². The average Bonchev–Trinajstić information content (AvgIpc) is 2.69. The van der Waals surface area contributed by atoms with Gasteiger partial charge < -0.3 is 4.74 Å². The number of methoxy groups -OCH3 is 1. The molecule has 0 spiro atoms. The highest BCUT2D eigenvalue weighted by Gasteiger charge is 2.30. The van der Waals surface area contributed by atoms with Crippen molar-refractivity contribution in [2.45, 2.75) is 24.8 Å². The fraction of sp³-hybridized carbons (Fsp3) is 0.182. The first-order valence-electron chi connectivity index (χ1n) is 8.73. The second kappa shape index (κ2) is 7.84. The molecule has 0 aromatic heterocycles. The van der Waals surface area contributed by atoms with E-state index in [0.717, 1.165) is 11.1 Å². The van der Waals surface area contributed by atoms with Crippen LogP contribution in [0.25, 0.3) is 0 Å². The molecule has 1 unspecified atom stereocenters. The third-order valence-corrected chi connectivity index (χ3v) is 6.42.